The highest BCUT2D eigenvalue weighted by Gasteiger charge is 2.10. The van der Waals surface area contributed by atoms with Crippen LogP contribution >= 0.6 is 11.6 Å². The monoisotopic (exact) mass is 347 g/mol. The zero-order valence-electron chi connectivity index (χ0n) is 12.9. The zero-order chi connectivity index (χ0) is 17.1. The lowest BCUT2D eigenvalue weighted by Gasteiger charge is -2.05. The maximum atomic E-state index is 13.2. The van der Waals surface area contributed by atoms with Crippen molar-refractivity contribution in [1.82, 2.24) is 19.6 Å². The lowest BCUT2D eigenvalue weighted by Crippen LogP contribution is -2.20. The molecule has 0 saturated carbocycles. The maximum Gasteiger partial charge on any atom is 0.247 e. The van der Waals surface area contributed by atoms with Crippen molar-refractivity contribution in [3.05, 3.63) is 64.8 Å². The first kappa shape index (κ1) is 16.2. The molecule has 0 radical (unpaired) electrons. The van der Waals surface area contributed by atoms with Gasteiger partial charge < -0.3 is 5.32 Å². The van der Waals surface area contributed by atoms with Crippen LogP contribution in [0.1, 0.15) is 11.3 Å². The van der Waals surface area contributed by atoms with Crippen LogP contribution in [0.4, 0.5) is 10.2 Å². The van der Waals surface area contributed by atoms with Gasteiger partial charge in [-0.1, -0.05) is 23.7 Å². The smallest absolute Gasteiger partial charge is 0.247 e. The molecule has 1 N–H and O–H groups in total. The summed E-state index contributed by atoms with van der Waals surface area (Å²) in [6.07, 6.45) is 3.22. The van der Waals surface area contributed by atoms with Gasteiger partial charge in [-0.2, -0.15) is 10.2 Å². The Hall–Kier alpha value is -2.67. The van der Waals surface area contributed by atoms with Gasteiger partial charge in [-0.25, -0.2) is 4.39 Å². The normalized spacial score (nSPS) is 10.8. The number of nitrogens with zero attached hydrogens (tertiary/aromatic N) is 4. The van der Waals surface area contributed by atoms with Crippen LogP contribution < -0.4 is 5.32 Å². The number of anilines is 1. The summed E-state index contributed by atoms with van der Waals surface area (Å²) in [5, 5.41) is 11.5. The molecule has 0 atom stereocenters. The number of hydrogen-bond acceptors (Lipinski definition) is 3. The summed E-state index contributed by atoms with van der Waals surface area (Å²) in [7, 11) is 0. The first-order valence-electron chi connectivity index (χ1n) is 7.27. The van der Waals surface area contributed by atoms with Crippen LogP contribution in [0.15, 0.2) is 42.7 Å². The molecular formula is C16H15ClFN5O. The van der Waals surface area contributed by atoms with Crippen LogP contribution in [0.3, 0.4) is 0 Å². The molecular weight excluding hydrogens is 333 g/mol. The molecule has 0 aliphatic rings. The average Bonchev–Trinajstić information content (AvgIpc) is 3.09. The average molecular weight is 348 g/mol. The minimum Gasteiger partial charge on any atom is -0.308 e. The molecule has 0 aliphatic heterocycles. The first-order chi connectivity index (χ1) is 11.5. The van der Waals surface area contributed by atoms with Crippen molar-refractivity contribution in [1.29, 1.82) is 0 Å². The van der Waals surface area contributed by atoms with Crippen molar-refractivity contribution >= 4 is 23.3 Å². The van der Waals surface area contributed by atoms with Crippen molar-refractivity contribution in [3.8, 4) is 0 Å². The second-order valence-electron chi connectivity index (χ2n) is 5.31. The molecule has 2 aromatic heterocycles. The molecule has 124 valence electrons. The quantitative estimate of drug-likeness (QED) is 0.771. The lowest BCUT2D eigenvalue weighted by atomic mass is 10.2. The summed E-state index contributed by atoms with van der Waals surface area (Å²) >= 11 is 5.91. The van der Waals surface area contributed by atoms with E-state index in [2.05, 4.69) is 15.5 Å². The summed E-state index contributed by atoms with van der Waals surface area (Å²) in [5.41, 5.74) is 1.52. The molecule has 24 heavy (non-hydrogen) atoms. The fraction of sp³-hybridized carbons (Fsp3) is 0.188. The molecule has 0 spiro atoms. The SMILES string of the molecule is Cc1c(Cl)cnn1CC(=O)Nc1ccn(Cc2cccc(F)c2)n1. The summed E-state index contributed by atoms with van der Waals surface area (Å²) in [6.45, 7) is 2.26. The largest absolute Gasteiger partial charge is 0.308 e. The van der Waals surface area contributed by atoms with E-state index >= 15 is 0 Å². The van der Waals surface area contributed by atoms with Gasteiger partial charge in [0.05, 0.1) is 23.5 Å². The molecule has 3 rings (SSSR count). The molecule has 8 heteroatoms. The van der Waals surface area contributed by atoms with Crippen LogP contribution in [0.25, 0.3) is 0 Å². The second-order valence-corrected chi connectivity index (χ2v) is 5.72. The van der Waals surface area contributed by atoms with Gasteiger partial charge in [0.25, 0.3) is 0 Å². The number of amides is 1. The fourth-order valence-corrected chi connectivity index (χ4v) is 2.38. The number of carbonyl (C=O) groups is 1. The Morgan fingerprint density at radius 2 is 2.21 bits per heavy atom. The van der Waals surface area contributed by atoms with Crippen molar-refractivity contribution in [2.75, 3.05) is 5.32 Å². The minimum absolute atomic E-state index is 0.0509. The minimum atomic E-state index is -0.290. The third-order valence-corrected chi connectivity index (χ3v) is 3.85. The number of hydrogen-bond donors (Lipinski definition) is 1. The van der Waals surface area contributed by atoms with E-state index in [1.54, 1.807) is 29.9 Å². The Balaban J connectivity index is 1.61. The van der Waals surface area contributed by atoms with E-state index in [4.69, 9.17) is 11.6 Å². The molecule has 2 heterocycles. The number of halogens is 2. The Kier molecular flexibility index (Phi) is 4.61. The van der Waals surface area contributed by atoms with Crippen molar-refractivity contribution in [2.24, 2.45) is 0 Å². The summed E-state index contributed by atoms with van der Waals surface area (Å²) in [4.78, 5) is 12.0. The summed E-state index contributed by atoms with van der Waals surface area (Å²) in [6, 6.07) is 7.98. The lowest BCUT2D eigenvalue weighted by molar-refractivity contribution is -0.117. The molecule has 0 aliphatic carbocycles. The van der Waals surface area contributed by atoms with E-state index in [0.717, 1.165) is 11.3 Å². The van der Waals surface area contributed by atoms with Gasteiger partial charge in [0, 0.05) is 12.3 Å². The van der Waals surface area contributed by atoms with Gasteiger partial charge in [-0.15, -0.1) is 0 Å². The van der Waals surface area contributed by atoms with E-state index in [9.17, 15) is 9.18 Å². The second kappa shape index (κ2) is 6.84. The Morgan fingerprint density at radius 1 is 1.38 bits per heavy atom. The van der Waals surface area contributed by atoms with E-state index < -0.39 is 0 Å². The van der Waals surface area contributed by atoms with Crippen molar-refractivity contribution in [3.63, 3.8) is 0 Å². The molecule has 0 unspecified atom stereocenters. The van der Waals surface area contributed by atoms with Crippen LogP contribution in [0, 0.1) is 12.7 Å². The molecule has 3 aromatic rings. The zero-order valence-corrected chi connectivity index (χ0v) is 13.7. The van der Waals surface area contributed by atoms with Gasteiger partial charge in [-0.05, 0) is 24.6 Å². The molecule has 0 bridgehead atoms. The number of aromatic nitrogens is 4. The van der Waals surface area contributed by atoms with Crippen molar-refractivity contribution in [2.45, 2.75) is 20.0 Å². The van der Waals surface area contributed by atoms with Crippen molar-refractivity contribution < 1.29 is 9.18 Å². The van der Waals surface area contributed by atoms with Gasteiger partial charge in [0.15, 0.2) is 5.82 Å². The van der Waals surface area contributed by atoms with Crippen LogP contribution in [-0.4, -0.2) is 25.5 Å². The molecule has 0 fully saturated rings. The van der Waals surface area contributed by atoms with E-state index in [-0.39, 0.29) is 18.3 Å². The number of nitrogens with one attached hydrogen (secondary N) is 1. The fourth-order valence-electron chi connectivity index (χ4n) is 2.24. The highest BCUT2D eigenvalue weighted by Crippen LogP contribution is 2.13. The Morgan fingerprint density at radius 3 is 2.92 bits per heavy atom. The molecule has 1 amide bonds. The molecule has 1 aromatic carbocycles. The first-order valence-corrected chi connectivity index (χ1v) is 7.65. The topological polar surface area (TPSA) is 64.7 Å². The number of rotatable bonds is 5. The number of carbonyl (C=O) groups excluding carboxylic acids is 1. The Bertz CT molecular complexity index is 873. The van der Waals surface area contributed by atoms with Gasteiger partial charge in [0.2, 0.25) is 5.91 Å². The van der Waals surface area contributed by atoms with Crippen LogP contribution in [-0.2, 0) is 17.9 Å². The molecule has 6 nitrogen and oxygen atoms in total. The third kappa shape index (κ3) is 3.80. The number of benzene rings is 1. The predicted octanol–water partition coefficient (Wildman–Crippen LogP) is 2.87. The predicted molar refractivity (Wildman–Crippen MR) is 88.3 cm³/mol. The maximum absolute atomic E-state index is 13.2. The summed E-state index contributed by atoms with van der Waals surface area (Å²) < 4.78 is 16.3. The van der Waals surface area contributed by atoms with Gasteiger partial charge in [0.1, 0.15) is 12.4 Å². The van der Waals surface area contributed by atoms with Gasteiger partial charge >= 0.3 is 0 Å². The Labute approximate surface area is 142 Å². The van der Waals surface area contributed by atoms with E-state index in [0.29, 0.717) is 17.4 Å². The van der Waals surface area contributed by atoms with E-state index in [1.807, 2.05) is 6.07 Å². The highest BCUT2D eigenvalue weighted by atomic mass is 35.5. The van der Waals surface area contributed by atoms with Gasteiger partial charge in [-0.3, -0.25) is 14.2 Å². The summed E-state index contributed by atoms with van der Waals surface area (Å²) in [5.74, 6) is -0.123. The highest BCUT2D eigenvalue weighted by molar-refractivity contribution is 6.31. The third-order valence-electron chi connectivity index (χ3n) is 3.48. The molecule has 0 saturated heterocycles. The van der Waals surface area contributed by atoms with E-state index in [1.165, 1.54) is 23.0 Å². The standard InChI is InChI=1S/C16H15ClFN5O/c1-11-14(17)8-19-23(11)10-16(24)20-15-5-6-22(21-15)9-12-3-2-4-13(18)7-12/h2-8H,9-10H2,1H3,(H,20,21,24). The van der Waals surface area contributed by atoms with Crippen LogP contribution in [0.5, 0.6) is 0 Å². The van der Waals surface area contributed by atoms with Crippen LogP contribution in [0.2, 0.25) is 5.02 Å².